The van der Waals surface area contributed by atoms with Gasteiger partial charge in [-0.2, -0.15) is 8.42 Å². The van der Waals surface area contributed by atoms with Crippen molar-refractivity contribution in [2.24, 2.45) is 5.73 Å². The van der Waals surface area contributed by atoms with Gasteiger partial charge in [0.1, 0.15) is 5.75 Å². The van der Waals surface area contributed by atoms with E-state index in [4.69, 9.17) is 20.4 Å². The van der Waals surface area contributed by atoms with E-state index < -0.39 is 21.3 Å². The lowest BCUT2D eigenvalue weighted by Crippen LogP contribution is -2.17. The molecule has 1 atom stereocenters. The van der Waals surface area contributed by atoms with E-state index in [2.05, 4.69) is 0 Å². The third-order valence-corrected chi connectivity index (χ3v) is 3.81. The SMILES string of the molecule is CS(=O)(=O)O.N=C(N)SCCc1ccc(OC(c2ccccc2)[N+](=O)[O-])cc1. The average Bonchev–Trinajstić information content (AvgIpc) is 2.59. The molecule has 11 heteroatoms. The van der Waals surface area contributed by atoms with Crippen LogP contribution in [0.1, 0.15) is 17.4 Å². The summed E-state index contributed by atoms with van der Waals surface area (Å²) in [6, 6.07) is 15.8. The van der Waals surface area contributed by atoms with Gasteiger partial charge in [0.25, 0.3) is 10.1 Å². The van der Waals surface area contributed by atoms with E-state index in [-0.39, 0.29) is 5.17 Å². The largest absolute Gasteiger partial charge is 0.426 e. The highest BCUT2D eigenvalue weighted by molar-refractivity contribution is 8.13. The van der Waals surface area contributed by atoms with Gasteiger partial charge in [0.15, 0.2) is 5.17 Å². The first-order valence-corrected chi connectivity index (χ1v) is 10.7. The van der Waals surface area contributed by atoms with Crippen molar-refractivity contribution in [1.29, 1.82) is 5.41 Å². The standard InChI is InChI=1S/C16H17N3O3S.CH4O3S/c17-16(18)23-11-10-12-6-8-14(9-7-12)22-15(19(20)21)13-4-2-1-3-5-13;1-5(2,3)4/h1-9,15H,10-11H2,(H3,17,18);1H3,(H,2,3,4). The molecule has 28 heavy (non-hydrogen) atoms. The molecule has 0 bridgehead atoms. The van der Waals surface area contributed by atoms with Crippen molar-refractivity contribution in [1.82, 2.24) is 0 Å². The van der Waals surface area contributed by atoms with E-state index >= 15 is 0 Å². The van der Waals surface area contributed by atoms with Gasteiger partial charge in [-0.3, -0.25) is 20.1 Å². The lowest BCUT2D eigenvalue weighted by atomic mass is 10.1. The number of nitrogens with one attached hydrogen (secondary N) is 1. The summed E-state index contributed by atoms with van der Waals surface area (Å²) in [5.74, 6) is 1.16. The number of hydrogen-bond acceptors (Lipinski definition) is 7. The molecule has 4 N–H and O–H groups in total. The first-order valence-electron chi connectivity index (χ1n) is 7.89. The van der Waals surface area contributed by atoms with Gasteiger partial charge in [0.05, 0.1) is 16.7 Å². The van der Waals surface area contributed by atoms with Crippen LogP contribution in [0.15, 0.2) is 54.6 Å². The van der Waals surface area contributed by atoms with Crippen LogP contribution in [0.2, 0.25) is 0 Å². The molecule has 2 aromatic rings. The number of nitrogens with zero attached hydrogens (tertiary/aromatic N) is 1. The summed E-state index contributed by atoms with van der Waals surface area (Å²) >= 11 is 1.28. The monoisotopic (exact) mass is 427 g/mol. The van der Waals surface area contributed by atoms with Gasteiger partial charge in [-0.25, -0.2) is 0 Å². The van der Waals surface area contributed by atoms with Gasteiger partial charge in [0, 0.05) is 5.75 Å². The fraction of sp³-hybridized carbons (Fsp3) is 0.235. The number of nitro groups is 1. The molecular weight excluding hydrogens is 406 g/mol. The topological polar surface area (TPSA) is 157 Å². The Morgan fingerprint density at radius 3 is 2.25 bits per heavy atom. The Kier molecular flexibility index (Phi) is 9.42. The maximum absolute atomic E-state index is 11.2. The van der Waals surface area contributed by atoms with Crippen molar-refractivity contribution in [2.75, 3.05) is 12.0 Å². The fourth-order valence-electron chi connectivity index (χ4n) is 1.99. The van der Waals surface area contributed by atoms with Crippen LogP contribution in [-0.4, -0.2) is 35.1 Å². The average molecular weight is 428 g/mol. The quantitative estimate of drug-likeness (QED) is 0.152. The lowest BCUT2D eigenvalue weighted by molar-refractivity contribution is -0.570. The third kappa shape index (κ3) is 10.5. The zero-order valence-corrected chi connectivity index (χ0v) is 16.7. The minimum absolute atomic E-state index is 0.0987. The predicted molar refractivity (Wildman–Crippen MR) is 109 cm³/mol. The number of amidine groups is 1. The maximum atomic E-state index is 11.2. The van der Waals surface area contributed by atoms with Crippen molar-refractivity contribution in [3.63, 3.8) is 0 Å². The predicted octanol–water partition coefficient (Wildman–Crippen LogP) is 2.71. The van der Waals surface area contributed by atoms with Gasteiger partial charge < -0.3 is 10.5 Å². The minimum atomic E-state index is -3.67. The molecular formula is C17H21N3O6S2. The van der Waals surface area contributed by atoms with Gasteiger partial charge in [-0.15, -0.1) is 0 Å². The third-order valence-electron chi connectivity index (χ3n) is 3.10. The minimum Gasteiger partial charge on any atom is -0.426 e. The van der Waals surface area contributed by atoms with E-state index in [1.807, 2.05) is 12.1 Å². The van der Waals surface area contributed by atoms with Crippen LogP contribution in [0, 0.1) is 15.5 Å². The summed E-state index contributed by atoms with van der Waals surface area (Å²) < 4.78 is 31.4. The second-order valence-corrected chi connectivity index (χ2v) is 8.11. The Morgan fingerprint density at radius 1 is 1.25 bits per heavy atom. The van der Waals surface area contributed by atoms with E-state index in [1.165, 1.54) is 11.8 Å². The molecule has 0 spiro atoms. The number of benzene rings is 2. The van der Waals surface area contributed by atoms with Crippen molar-refractivity contribution in [3.05, 3.63) is 75.8 Å². The van der Waals surface area contributed by atoms with Crippen LogP contribution in [0.5, 0.6) is 5.75 Å². The molecule has 152 valence electrons. The number of thioether (sulfide) groups is 1. The summed E-state index contributed by atoms with van der Waals surface area (Å²) in [4.78, 5) is 10.8. The normalized spacial score (nSPS) is 11.6. The Bertz CT molecular complexity index is 866. The molecule has 0 aliphatic heterocycles. The van der Waals surface area contributed by atoms with E-state index in [0.29, 0.717) is 17.6 Å². The van der Waals surface area contributed by atoms with Gasteiger partial charge in [0.2, 0.25) is 0 Å². The summed E-state index contributed by atoms with van der Waals surface area (Å²) in [5, 5.41) is 18.5. The number of aryl methyl sites for hydroxylation is 1. The molecule has 0 radical (unpaired) electrons. The molecule has 0 fully saturated rings. The Hall–Kier alpha value is -2.63. The van der Waals surface area contributed by atoms with Crippen LogP contribution >= 0.6 is 11.8 Å². The fourth-order valence-corrected chi connectivity index (χ4v) is 2.55. The second-order valence-electron chi connectivity index (χ2n) is 5.51. The highest BCUT2D eigenvalue weighted by Crippen LogP contribution is 2.23. The summed E-state index contributed by atoms with van der Waals surface area (Å²) in [6.07, 6.45) is 0.254. The van der Waals surface area contributed by atoms with Crippen LogP contribution < -0.4 is 10.5 Å². The first kappa shape index (κ1) is 23.4. The molecule has 0 aliphatic rings. The van der Waals surface area contributed by atoms with Crippen LogP contribution in [-0.2, 0) is 16.5 Å². The summed E-state index contributed by atoms with van der Waals surface area (Å²) in [6.45, 7) is 0. The van der Waals surface area contributed by atoms with Crippen molar-refractivity contribution in [3.8, 4) is 5.75 Å². The van der Waals surface area contributed by atoms with Crippen molar-refractivity contribution >= 4 is 27.0 Å². The summed E-state index contributed by atoms with van der Waals surface area (Å²) in [5.41, 5.74) is 6.84. The molecule has 0 aromatic heterocycles. The van der Waals surface area contributed by atoms with Crippen LogP contribution in [0.4, 0.5) is 0 Å². The molecule has 2 rings (SSSR count). The van der Waals surface area contributed by atoms with Gasteiger partial charge in [-0.05, 0) is 36.2 Å². The number of hydrogen-bond donors (Lipinski definition) is 3. The van der Waals surface area contributed by atoms with Gasteiger partial charge >= 0.3 is 6.23 Å². The number of nitrogens with two attached hydrogens (primary N) is 1. The molecule has 0 saturated heterocycles. The highest BCUT2D eigenvalue weighted by Gasteiger charge is 2.24. The number of rotatable bonds is 7. The zero-order valence-electron chi connectivity index (χ0n) is 15.0. The summed E-state index contributed by atoms with van der Waals surface area (Å²) in [7, 11) is -3.67. The van der Waals surface area contributed by atoms with E-state index in [9.17, 15) is 18.5 Å². The molecule has 1 unspecified atom stereocenters. The van der Waals surface area contributed by atoms with Crippen molar-refractivity contribution < 1.29 is 22.6 Å². The Labute approximate surface area is 167 Å². The highest BCUT2D eigenvalue weighted by atomic mass is 32.2. The van der Waals surface area contributed by atoms with Crippen LogP contribution in [0.25, 0.3) is 0 Å². The van der Waals surface area contributed by atoms with Gasteiger partial charge in [-0.1, -0.05) is 42.1 Å². The maximum Gasteiger partial charge on any atom is 0.380 e. The Balaban J connectivity index is 0.000000696. The molecule has 0 aliphatic carbocycles. The zero-order chi connectivity index (χ0) is 21.2. The van der Waals surface area contributed by atoms with E-state index in [0.717, 1.165) is 17.7 Å². The van der Waals surface area contributed by atoms with E-state index in [1.54, 1.807) is 42.5 Å². The smallest absolute Gasteiger partial charge is 0.380 e. The molecule has 0 heterocycles. The molecule has 9 nitrogen and oxygen atoms in total. The Morgan fingerprint density at radius 2 is 1.79 bits per heavy atom. The second kappa shape index (κ2) is 11.3. The first-order chi connectivity index (χ1) is 13.1. The molecule has 2 aromatic carbocycles. The molecule has 0 amide bonds. The number of ether oxygens (including phenoxy) is 1. The van der Waals surface area contributed by atoms with Crippen molar-refractivity contribution in [2.45, 2.75) is 12.6 Å². The molecule has 0 saturated carbocycles. The lowest BCUT2D eigenvalue weighted by Gasteiger charge is -2.12. The van der Waals surface area contributed by atoms with Crippen LogP contribution in [0.3, 0.4) is 0 Å².